The zero-order valence-corrected chi connectivity index (χ0v) is 20.0. The topological polar surface area (TPSA) is 74.7 Å². The molecule has 2 aromatic rings. The fourth-order valence-corrected chi connectivity index (χ4v) is 5.85. The second-order valence-corrected chi connectivity index (χ2v) is 10.3. The van der Waals surface area contributed by atoms with Gasteiger partial charge in [0.25, 0.3) is 0 Å². The fraction of sp³-hybridized carbons (Fsp3) is 0.571. The van der Waals surface area contributed by atoms with E-state index in [4.69, 9.17) is 9.72 Å². The van der Waals surface area contributed by atoms with E-state index in [0.717, 1.165) is 76.5 Å². The van der Waals surface area contributed by atoms with Crippen LogP contribution in [0.3, 0.4) is 0 Å². The highest BCUT2D eigenvalue weighted by atomic mass is 16.5. The van der Waals surface area contributed by atoms with Crippen LogP contribution in [0.2, 0.25) is 0 Å². The largest absolute Gasteiger partial charge is 0.481 e. The summed E-state index contributed by atoms with van der Waals surface area (Å²) >= 11 is 0. The van der Waals surface area contributed by atoms with Gasteiger partial charge in [-0.15, -0.1) is 0 Å². The highest BCUT2D eigenvalue weighted by Crippen LogP contribution is 2.31. The molecule has 2 fully saturated rings. The first-order valence-corrected chi connectivity index (χ1v) is 13.0. The van der Waals surface area contributed by atoms with Gasteiger partial charge in [0.15, 0.2) is 0 Å². The predicted octanol–water partition coefficient (Wildman–Crippen LogP) is 4.46. The predicted molar refractivity (Wildman–Crippen MR) is 134 cm³/mol. The summed E-state index contributed by atoms with van der Waals surface area (Å²) < 4.78 is 5.57. The molecule has 0 saturated carbocycles. The van der Waals surface area contributed by atoms with E-state index in [1.807, 2.05) is 0 Å². The maximum atomic E-state index is 11.7. The summed E-state index contributed by atoms with van der Waals surface area (Å²) in [5, 5.41) is 13.0. The van der Waals surface area contributed by atoms with E-state index in [1.165, 1.54) is 29.7 Å². The molecule has 2 saturated heterocycles. The summed E-state index contributed by atoms with van der Waals surface area (Å²) in [5.74, 6) is 1.47. The quantitative estimate of drug-likeness (QED) is 0.572. The Hall–Kier alpha value is -2.44. The summed E-state index contributed by atoms with van der Waals surface area (Å²) in [4.78, 5) is 19.0. The van der Waals surface area contributed by atoms with E-state index in [2.05, 4.69) is 46.6 Å². The zero-order valence-electron chi connectivity index (χ0n) is 20.0. The number of aryl methyl sites for hydroxylation is 2. The first-order valence-electron chi connectivity index (χ1n) is 13.0. The van der Waals surface area contributed by atoms with Crippen molar-refractivity contribution in [3.8, 4) is 0 Å². The number of hydrogen-bond donors (Lipinski definition) is 2. The van der Waals surface area contributed by atoms with Crippen molar-refractivity contribution in [2.45, 2.75) is 56.8 Å². The second kappa shape index (κ2) is 10.9. The first-order chi connectivity index (χ1) is 16.6. The normalized spacial score (nSPS) is 23.4. The van der Waals surface area contributed by atoms with E-state index >= 15 is 0 Å². The standard InChI is InChI=1S/C28H37N3O3/c32-27(33)16-25(23-4-1-3-22(15-23)24-11-14-34-19-24)18-31-13-10-20(17-31)6-8-26-9-7-21-5-2-12-29-28(21)30-26/h1,3-4,7,9,15,20,24-25H,2,5-6,8,10-14,16-19H2,(H,29,30)(H,32,33)/t20-,24?,25-/m1/s1. The summed E-state index contributed by atoms with van der Waals surface area (Å²) in [6.45, 7) is 5.53. The number of rotatable bonds is 9. The number of nitrogens with zero attached hydrogens (tertiary/aromatic N) is 2. The minimum Gasteiger partial charge on any atom is -0.481 e. The Labute approximate surface area is 202 Å². The fourth-order valence-electron chi connectivity index (χ4n) is 5.85. The number of aromatic nitrogens is 1. The molecular weight excluding hydrogens is 426 g/mol. The van der Waals surface area contributed by atoms with Gasteiger partial charge in [-0.25, -0.2) is 4.98 Å². The smallest absolute Gasteiger partial charge is 0.304 e. The summed E-state index contributed by atoms with van der Waals surface area (Å²) in [6.07, 6.45) is 6.88. The van der Waals surface area contributed by atoms with Gasteiger partial charge in [-0.05, 0) is 73.7 Å². The van der Waals surface area contributed by atoms with Crippen molar-refractivity contribution < 1.29 is 14.6 Å². The lowest BCUT2D eigenvalue weighted by Gasteiger charge is -2.24. The molecule has 1 aromatic heterocycles. The Balaban J connectivity index is 1.17. The number of aliphatic carboxylic acids is 1. The molecule has 3 aliphatic heterocycles. The van der Waals surface area contributed by atoms with Gasteiger partial charge in [-0.3, -0.25) is 4.79 Å². The molecule has 0 radical (unpaired) electrons. The lowest BCUT2D eigenvalue weighted by Crippen LogP contribution is -2.28. The van der Waals surface area contributed by atoms with Crippen molar-refractivity contribution in [1.82, 2.24) is 9.88 Å². The van der Waals surface area contributed by atoms with Crippen LogP contribution in [0.15, 0.2) is 36.4 Å². The third-order valence-electron chi connectivity index (χ3n) is 7.81. The molecule has 0 amide bonds. The van der Waals surface area contributed by atoms with Gasteiger partial charge < -0.3 is 20.1 Å². The van der Waals surface area contributed by atoms with E-state index < -0.39 is 5.97 Å². The molecule has 0 bridgehead atoms. The van der Waals surface area contributed by atoms with Crippen LogP contribution in [0.25, 0.3) is 0 Å². The number of benzene rings is 1. The third kappa shape index (κ3) is 5.78. The number of carbonyl (C=O) groups is 1. The highest BCUT2D eigenvalue weighted by molar-refractivity contribution is 5.68. The SMILES string of the molecule is O=C(O)C[C@H](CN1CC[C@@H](CCc2ccc3c(n2)NCCC3)C1)c1cccc(C2CCOC2)c1. The summed E-state index contributed by atoms with van der Waals surface area (Å²) in [6, 6.07) is 13.0. The Kier molecular flexibility index (Phi) is 7.45. The van der Waals surface area contributed by atoms with Crippen LogP contribution in [0.4, 0.5) is 5.82 Å². The van der Waals surface area contributed by atoms with Gasteiger partial charge in [0, 0.05) is 43.8 Å². The van der Waals surface area contributed by atoms with Gasteiger partial charge in [-0.1, -0.05) is 30.3 Å². The van der Waals surface area contributed by atoms with E-state index in [0.29, 0.717) is 11.8 Å². The molecule has 34 heavy (non-hydrogen) atoms. The molecule has 3 aliphatic rings. The number of nitrogens with one attached hydrogen (secondary N) is 1. The van der Waals surface area contributed by atoms with Crippen LogP contribution in [0.1, 0.15) is 66.3 Å². The van der Waals surface area contributed by atoms with Crippen molar-refractivity contribution in [2.24, 2.45) is 5.92 Å². The molecule has 6 heteroatoms. The maximum Gasteiger partial charge on any atom is 0.304 e. The molecule has 5 rings (SSSR count). The Morgan fingerprint density at radius 1 is 1.26 bits per heavy atom. The number of carboxylic acid groups (broad SMARTS) is 1. The molecule has 4 heterocycles. The van der Waals surface area contributed by atoms with Crippen LogP contribution in [0.5, 0.6) is 0 Å². The third-order valence-corrected chi connectivity index (χ3v) is 7.81. The second-order valence-electron chi connectivity index (χ2n) is 10.3. The van der Waals surface area contributed by atoms with Crippen LogP contribution >= 0.6 is 0 Å². The lowest BCUT2D eigenvalue weighted by molar-refractivity contribution is -0.137. The monoisotopic (exact) mass is 463 g/mol. The molecular formula is C28H37N3O3. The first kappa shape index (κ1) is 23.3. The number of fused-ring (bicyclic) bond motifs is 1. The van der Waals surface area contributed by atoms with E-state index in [9.17, 15) is 9.90 Å². The Bertz CT molecular complexity index is 989. The van der Waals surface area contributed by atoms with Gasteiger partial charge in [0.2, 0.25) is 0 Å². The number of likely N-dealkylation sites (tertiary alicyclic amines) is 1. The molecule has 0 spiro atoms. The average molecular weight is 464 g/mol. The van der Waals surface area contributed by atoms with Crippen molar-refractivity contribution in [2.75, 3.05) is 44.7 Å². The molecule has 6 nitrogen and oxygen atoms in total. The zero-order chi connectivity index (χ0) is 23.3. The van der Waals surface area contributed by atoms with Crippen LogP contribution in [-0.2, 0) is 22.4 Å². The van der Waals surface area contributed by atoms with Crippen molar-refractivity contribution in [3.63, 3.8) is 0 Å². The van der Waals surface area contributed by atoms with Crippen molar-refractivity contribution in [3.05, 3.63) is 58.8 Å². The molecule has 1 unspecified atom stereocenters. The van der Waals surface area contributed by atoms with E-state index in [1.54, 1.807) is 0 Å². The number of hydrogen-bond acceptors (Lipinski definition) is 5. The molecule has 182 valence electrons. The summed E-state index contributed by atoms with van der Waals surface area (Å²) in [5.41, 5.74) is 4.97. The number of pyridine rings is 1. The lowest BCUT2D eigenvalue weighted by atomic mass is 9.90. The minimum absolute atomic E-state index is 0.0203. The van der Waals surface area contributed by atoms with Gasteiger partial charge in [-0.2, -0.15) is 0 Å². The molecule has 2 N–H and O–H groups in total. The molecule has 0 aliphatic carbocycles. The van der Waals surface area contributed by atoms with Crippen LogP contribution in [-0.4, -0.2) is 60.4 Å². The van der Waals surface area contributed by atoms with Gasteiger partial charge in [0.05, 0.1) is 13.0 Å². The summed E-state index contributed by atoms with van der Waals surface area (Å²) in [7, 11) is 0. The average Bonchev–Trinajstić information content (AvgIpc) is 3.55. The van der Waals surface area contributed by atoms with Gasteiger partial charge in [0.1, 0.15) is 5.82 Å². The number of anilines is 1. The molecule has 3 atom stereocenters. The number of ether oxygens (including phenoxy) is 1. The Morgan fingerprint density at radius 2 is 2.21 bits per heavy atom. The maximum absolute atomic E-state index is 11.7. The van der Waals surface area contributed by atoms with Crippen molar-refractivity contribution in [1.29, 1.82) is 0 Å². The highest BCUT2D eigenvalue weighted by Gasteiger charge is 2.27. The van der Waals surface area contributed by atoms with Crippen LogP contribution in [0, 0.1) is 5.92 Å². The Morgan fingerprint density at radius 3 is 3.06 bits per heavy atom. The minimum atomic E-state index is -0.720. The van der Waals surface area contributed by atoms with Crippen LogP contribution < -0.4 is 5.32 Å². The van der Waals surface area contributed by atoms with Crippen molar-refractivity contribution >= 4 is 11.8 Å². The molecule has 1 aromatic carbocycles. The van der Waals surface area contributed by atoms with E-state index in [-0.39, 0.29) is 12.3 Å². The number of carboxylic acids is 1. The van der Waals surface area contributed by atoms with Gasteiger partial charge >= 0.3 is 5.97 Å².